The Morgan fingerprint density at radius 1 is 1.40 bits per heavy atom. The average molecular weight is 343 g/mol. The normalized spacial score (nSPS) is 22.2. The first-order valence-corrected chi connectivity index (χ1v) is 7.12. The summed E-state index contributed by atoms with van der Waals surface area (Å²) in [5, 5.41) is 14.2. The van der Waals surface area contributed by atoms with Crippen LogP contribution in [0.4, 0.5) is 11.4 Å². The minimum absolute atomic E-state index is 0.0589. The Bertz CT molecular complexity index is 529. The first kappa shape index (κ1) is 14.7. The van der Waals surface area contributed by atoms with Gasteiger partial charge in [-0.2, -0.15) is 0 Å². The summed E-state index contributed by atoms with van der Waals surface area (Å²) in [6.45, 7) is 0. The lowest BCUT2D eigenvalue weighted by Crippen LogP contribution is -2.32. The van der Waals surface area contributed by atoms with Crippen molar-refractivity contribution in [1.82, 2.24) is 4.98 Å². The zero-order chi connectivity index (χ0) is 14.7. The number of nitrogens with one attached hydrogen (secondary N) is 1. The van der Waals surface area contributed by atoms with Gasteiger partial charge in [0.25, 0.3) is 0 Å². The van der Waals surface area contributed by atoms with E-state index in [1.165, 1.54) is 12.4 Å². The molecule has 1 aliphatic carbocycles. The zero-order valence-electron chi connectivity index (χ0n) is 10.7. The van der Waals surface area contributed by atoms with Gasteiger partial charge in [-0.05, 0) is 41.6 Å². The standard InChI is InChI=1S/C12H15BrN4O3/c13-9-5-15-6-10(17(19)20)11(9)16-8-3-1-7(2-4-8)12(14)18/h5-8H,1-4H2,(H2,14,18)(H,15,16). The molecular formula is C12H15BrN4O3. The summed E-state index contributed by atoms with van der Waals surface area (Å²) in [5.41, 5.74) is 5.67. The van der Waals surface area contributed by atoms with Gasteiger partial charge in [-0.25, -0.2) is 0 Å². The van der Waals surface area contributed by atoms with Crippen molar-refractivity contribution in [2.75, 3.05) is 5.32 Å². The zero-order valence-corrected chi connectivity index (χ0v) is 12.3. The molecule has 1 amide bonds. The van der Waals surface area contributed by atoms with Crippen LogP contribution in [0, 0.1) is 16.0 Å². The SMILES string of the molecule is NC(=O)C1CCC(Nc2c(Br)cncc2[N+](=O)[O-])CC1. The van der Waals surface area contributed by atoms with Gasteiger partial charge < -0.3 is 11.1 Å². The van der Waals surface area contributed by atoms with E-state index in [1.807, 2.05) is 0 Å². The molecule has 1 saturated carbocycles. The highest BCUT2D eigenvalue weighted by Gasteiger charge is 2.27. The van der Waals surface area contributed by atoms with Crippen LogP contribution in [0.15, 0.2) is 16.9 Å². The van der Waals surface area contributed by atoms with Gasteiger partial charge in [0.2, 0.25) is 5.91 Å². The van der Waals surface area contributed by atoms with E-state index in [0.717, 1.165) is 12.8 Å². The van der Waals surface area contributed by atoms with Crippen molar-refractivity contribution in [3.8, 4) is 0 Å². The van der Waals surface area contributed by atoms with Gasteiger partial charge in [0.15, 0.2) is 0 Å². The van der Waals surface area contributed by atoms with Crippen molar-refractivity contribution < 1.29 is 9.72 Å². The summed E-state index contributed by atoms with van der Waals surface area (Å²) in [6, 6.07) is 0.1000. The number of hydrogen-bond donors (Lipinski definition) is 2. The smallest absolute Gasteiger partial charge is 0.311 e. The second-order valence-electron chi connectivity index (χ2n) is 4.87. The molecule has 0 saturated heterocycles. The Kier molecular flexibility index (Phi) is 4.53. The average Bonchev–Trinajstić information content (AvgIpc) is 2.41. The molecule has 8 heteroatoms. The molecule has 108 valence electrons. The minimum atomic E-state index is -0.463. The number of carbonyl (C=O) groups excluding carboxylic acids is 1. The maximum Gasteiger partial charge on any atom is 0.311 e. The van der Waals surface area contributed by atoms with Crippen molar-refractivity contribution in [2.45, 2.75) is 31.7 Å². The summed E-state index contributed by atoms with van der Waals surface area (Å²) >= 11 is 3.27. The Morgan fingerprint density at radius 2 is 2.05 bits per heavy atom. The van der Waals surface area contributed by atoms with Gasteiger partial charge in [-0.1, -0.05) is 0 Å². The van der Waals surface area contributed by atoms with E-state index in [2.05, 4.69) is 26.2 Å². The van der Waals surface area contributed by atoms with Crippen molar-refractivity contribution in [1.29, 1.82) is 0 Å². The second kappa shape index (κ2) is 6.17. The van der Waals surface area contributed by atoms with Crippen LogP contribution in [0.1, 0.15) is 25.7 Å². The number of nitro groups is 1. The van der Waals surface area contributed by atoms with Crippen LogP contribution < -0.4 is 11.1 Å². The largest absolute Gasteiger partial charge is 0.376 e. The van der Waals surface area contributed by atoms with Crippen LogP contribution in [0.5, 0.6) is 0 Å². The van der Waals surface area contributed by atoms with Gasteiger partial charge in [-0.3, -0.25) is 19.9 Å². The van der Waals surface area contributed by atoms with Crippen LogP contribution >= 0.6 is 15.9 Å². The number of nitrogens with two attached hydrogens (primary N) is 1. The molecule has 20 heavy (non-hydrogen) atoms. The number of amides is 1. The fourth-order valence-corrected chi connectivity index (χ4v) is 2.87. The van der Waals surface area contributed by atoms with Gasteiger partial charge in [0.1, 0.15) is 11.9 Å². The molecule has 0 spiro atoms. The van der Waals surface area contributed by atoms with E-state index >= 15 is 0 Å². The van der Waals surface area contributed by atoms with E-state index in [0.29, 0.717) is 23.0 Å². The molecule has 3 N–H and O–H groups in total. The number of halogens is 1. The van der Waals surface area contributed by atoms with E-state index in [-0.39, 0.29) is 23.6 Å². The first-order chi connectivity index (χ1) is 9.49. The molecule has 2 rings (SSSR count). The van der Waals surface area contributed by atoms with E-state index in [4.69, 9.17) is 5.73 Å². The number of aromatic nitrogens is 1. The predicted molar refractivity (Wildman–Crippen MR) is 77.2 cm³/mol. The molecular weight excluding hydrogens is 328 g/mol. The highest BCUT2D eigenvalue weighted by atomic mass is 79.9. The molecule has 0 aliphatic heterocycles. The lowest BCUT2D eigenvalue weighted by Gasteiger charge is -2.28. The molecule has 1 aliphatic rings. The Hall–Kier alpha value is -1.70. The minimum Gasteiger partial charge on any atom is -0.376 e. The number of anilines is 1. The fraction of sp³-hybridized carbons (Fsp3) is 0.500. The van der Waals surface area contributed by atoms with Gasteiger partial charge in [-0.15, -0.1) is 0 Å². The molecule has 0 aromatic carbocycles. The number of hydrogen-bond acceptors (Lipinski definition) is 5. The van der Waals surface area contributed by atoms with E-state index in [9.17, 15) is 14.9 Å². The van der Waals surface area contributed by atoms with Crippen LogP contribution in [-0.2, 0) is 4.79 Å². The van der Waals surface area contributed by atoms with Crippen LogP contribution in [0.2, 0.25) is 0 Å². The van der Waals surface area contributed by atoms with Crippen molar-refractivity contribution in [3.63, 3.8) is 0 Å². The monoisotopic (exact) mass is 342 g/mol. The summed E-state index contributed by atoms with van der Waals surface area (Å²) in [7, 11) is 0. The number of pyridine rings is 1. The number of carbonyl (C=O) groups is 1. The highest BCUT2D eigenvalue weighted by Crippen LogP contribution is 2.34. The van der Waals surface area contributed by atoms with Crippen molar-refractivity contribution in [3.05, 3.63) is 27.0 Å². The van der Waals surface area contributed by atoms with E-state index < -0.39 is 4.92 Å². The highest BCUT2D eigenvalue weighted by molar-refractivity contribution is 9.10. The summed E-state index contributed by atoms with van der Waals surface area (Å²) in [6.07, 6.45) is 5.69. The third-order valence-corrected chi connectivity index (χ3v) is 4.16. The molecule has 0 atom stereocenters. The first-order valence-electron chi connectivity index (χ1n) is 6.32. The molecule has 1 fully saturated rings. The molecule has 1 aromatic rings. The lowest BCUT2D eigenvalue weighted by atomic mass is 9.85. The Balaban J connectivity index is 2.08. The van der Waals surface area contributed by atoms with Crippen molar-refractivity contribution in [2.24, 2.45) is 11.7 Å². The van der Waals surface area contributed by atoms with Gasteiger partial charge in [0.05, 0.1) is 9.40 Å². The van der Waals surface area contributed by atoms with E-state index in [1.54, 1.807) is 0 Å². The summed E-state index contributed by atoms with van der Waals surface area (Å²) < 4.78 is 0.559. The molecule has 0 radical (unpaired) electrons. The van der Waals surface area contributed by atoms with Crippen LogP contribution in [-0.4, -0.2) is 21.9 Å². The summed E-state index contributed by atoms with van der Waals surface area (Å²) in [5.74, 6) is -0.344. The Labute approximate surface area is 124 Å². The number of rotatable bonds is 4. The van der Waals surface area contributed by atoms with Crippen LogP contribution in [0.3, 0.4) is 0 Å². The van der Waals surface area contributed by atoms with Crippen molar-refractivity contribution >= 4 is 33.2 Å². The topological polar surface area (TPSA) is 111 Å². The molecule has 0 bridgehead atoms. The molecule has 0 unspecified atom stereocenters. The third-order valence-electron chi connectivity index (χ3n) is 3.55. The Morgan fingerprint density at radius 3 is 2.60 bits per heavy atom. The third kappa shape index (κ3) is 3.24. The van der Waals surface area contributed by atoms with Gasteiger partial charge >= 0.3 is 5.69 Å². The fourth-order valence-electron chi connectivity index (χ4n) is 2.43. The van der Waals surface area contributed by atoms with Crippen LogP contribution in [0.25, 0.3) is 0 Å². The molecule has 1 aromatic heterocycles. The van der Waals surface area contributed by atoms with Gasteiger partial charge in [0, 0.05) is 18.2 Å². The molecule has 7 nitrogen and oxygen atoms in total. The quantitative estimate of drug-likeness (QED) is 0.643. The maximum atomic E-state index is 11.1. The molecule has 1 heterocycles. The maximum absolute atomic E-state index is 11.1. The summed E-state index contributed by atoms with van der Waals surface area (Å²) in [4.78, 5) is 25.5. The number of primary amides is 1. The lowest BCUT2D eigenvalue weighted by molar-refractivity contribution is -0.384. The number of nitrogens with zero attached hydrogens (tertiary/aromatic N) is 2. The predicted octanol–water partition coefficient (Wildman–Crippen LogP) is 2.21. The second-order valence-corrected chi connectivity index (χ2v) is 5.72.